The maximum absolute atomic E-state index is 9.19. The number of hydrogen-bond donors (Lipinski definition) is 1. The highest BCUT2D eigenvalue weighted by molar-refractivity contribution is 5.32. The van der Waals surface area contributed by atoms with Gasteiger partial charge in [-0.25, -0.2) is 0 Å². The summed E-state index contributed by atoms with van der Waals surface area (Å²) >= 11 is 0. The van der Waals surface area contributed by atoms with Crippen LogP contribution in [-0.2, 0) is 6.42 Å². The third-order valence-electron chi connectivity index (χ3n) is 3.27. The average Bonchev–Trinajstić information content (AvgIpc) is 2.19. The van der Waals surface area contributed by atoms with Crippen molar-refractivity contribution < 1.29 is 5.11 Å². The van der Waals surface area contributed by atoms with Crippen LogP contribution in [0.15, 0.2) is 24.3 Å². The molecule has 0 radical (unpaired) electrons. The lowest BCUT2D eigenvalue weighted by atomic mass is 9.76. The van der Waals surface area contributed by atoms with Gasteiger partial charge in [-0.15, -0.1) is 0 Å². The lowest BCUT2D eigenvalue weighted by Crippen LogP contribution is -2.21. The summed E-state index contributed by atoms with van der Waals surface area (Å²) in [5.41, 5.74) is 2.91. The van der Waals surface area contributed by atoms with Gasteiger partial charge in [0.1, 0.15) is 0 Å². The fourth-order valence-corrected chi connectivity index (χ4v) is 2.30. The Kier molecular flexibility index (Phi) is 2.36. The number of aliphatic hydroxyl groups excluding tert-OH is 1. The molecule has 0 saturated heterocycles. The Morgan fingerprint density at radius 1 is 1.38 bits per heavy atom. The van der Waals surface area contributed by atoms with E-state index in [4.69, 9.17) is 0 Å². The topological polar surface area (TPSA) is 20.2 Å². The molecule has 2 atom stereocenters. The van der Waals surface area contributed by atoms with E-state index in [2.05, 4.69) is 31.2 Å². The molecule has 1 heteroatoms. The van der Waals surface area contributed by atoms with E-state index in [1.54, 1.807) is 0 Å². The predicted molar refractivity (Wildman–Crippen MR) is 53.8 cm³/mol. The van der Waals surface area contributed by atoms with Crippen molar-refractivity contribution in [2.24, 2.45) is 5.92 Å². The van der Waals surface area contributed by atoms with Gasteiger partial charge in [0.15, 0.2) is 0 Å². The number of hydrogen-bond acceptors (Lipinski definition) is 1. The highest BCUT2D eigenvalue weighted by atomic mass is 16.3. The summed E-state index contributed by atoms with van der Waals surface area (Å²) in [4.78, 5) is 0. The number of rotatable bonds is 1. The second kappa shape index (κ2) is 3.51. The highest BCUT2D eigenvalue weighted by Crippen LogP contribution is 2.35. The molecule has 0 spiro atoms. The van der Waals surface area contributed by atoms with Crippen molar-refractivity contribution in [1.82, 2.24) is 0 Å². The molecule has 1 N–H and O–H groups in total. The summed E-state index contributed by atoms with van der Waals surface area (Å²) in [6.45, 7) is 2.55. The van der Waals surface area contributed by atoms with Crippen LogP contribution < -0.4 is 0 Å². The smallest absolute Gasteiger partial charge is 0.0465 e. The molecule has 1 nitrogen and oxygen atoms in total. The largest absolute Gasteiger partial charge is 0.396 e. The Hall–Kier alpha value is -0.820. The molecular weight excluding hydrogens is 160 g/mol. The zero-order valence-corrected chi connectivity index (χ0v) is 8.03. The van der Waals surface area contributed by atoms with Gasteiger partial charge in [0.05, 0.1) is 0 Å². The number of fused-ring (bicyclic) bond motifs is 1. The molecule has 0 unspecified atom stereocenters. The van der Waals surface area contributed by atoms with Crippen molar-refractivity contribution in [3.05, 3.63) is 35.4 Å². The van der Waals surface area contributed by atoms with E-state index in [0.29, 0.717) is 18.4 Å². The van der Waals surface area contributed by atoms with Crippen molar-refractivity contribution in [3.63, 3.8) is 0 Å². The summed E-state index contributed by atoms with van der Waals surface area (Å²) in [5, 5.41) is 9.19. The van der Waals surface area contributed by atoms with E-state index in [-0.39, 0.29) is 0 Å². The lowest BCUT2D eigenvalue weighted by Gasteiger charge is -2.29. The summed E-state index contributed by atoms with van der Waals surface area (Å²) in [7, 11) is 0. The van der Waals surface area contributed by atoms with Crippen molar-refractivity contribution in [2.45, 2.75) is 25.7 Å². The Bertz CT molecular complexity index is 293. The maximum Gasteiger partial charge on any atom is 0.0465 e. The van der Waals surface area contributed by atoms with Gasteiger partial charge in [-0.3, -0.25) is 0 Å². The zero-order valence-electron chi connectivity index (χ0n) is 8.03. The minimum absolute atomic E-state index is 0.329. The molecule has 70 valence electrons. The van der Waals surface area contributed by atoms with Gasteiger partial charge in [0, 0.05) is 6.61 Å². The molecule has 1 aliphatic carbocycles. The lowest BCUT2D eigenvalue weighted by molar-refractivity contribution is 0.194. The van der Waals surface area contributed by atoms with Gasteiger partial charge in [-0.1, -0.05) is 31.2 Å². The van der Waals surface area contributed by atoms with E-state index in [1.165, 1.54) is 11.1 Å². The molecule has 1 aromatic carbocycles. The first-order valence-electron chi connectivity index (χ1n) is 5.01. The molecule has 1 aromatic rings. The van der Waals surface area contributed by atoms with Crippen LogP contribution in [0.1, 0.15) is 30.4 Å². The van der Waals surface area contributed by atoms with E-state index in [0.717, 1.165) is 12.8 Å². The number of aliphatic hydroxyl groups is 1. The van der Waals surface area contributed by atoms with Crippen LogP contribution >= 0.6 is 0 Å². The highest BCUT2D eigenvalue weighted by Gasteiger charge is 2.24. The molecule has 0 saturated carbocycles. The van der Waals surface area contributed by atoms with Gasteiger partial charge >= 0.3 is 0 Å². The summed E-state index contributed by atoms with van der Waals surface area (Å²) in [6.07, 6.45) is 2.26. The fraction of sp³-hybridized carbons (Fsp3) is 0.500. The zero-order chi connectivity index (χ0) is 9.26. The Morgan fingerprint density at radius 3 is 2.92 bits per heavy atom. The first kappa shape index (κ1) is 8.76. The van der Waals surface area contributed by atoms with Crippen LogP contribution in [0.5, 0.6) is 0 Å². The van der Waals surface area contributed by atoms with Crippen molar-refractivity contribution in [3.8, 4) is 0 Å². The van der Waals surface area contributed by atoms with Gasteiger partial charge in [-0.05, 0) is 35.8 Å². The third-order valence-corrected chi connectivity index (χ3v) is 3.27. The van der Waals surface area contributed by atoms with Crippen LogP contribution in [-0.4, -0.2) is 11.7 Å². The van der Waals surface area contributed by atoms with E-state index in [9.17, 15) is 5.11 Å². The average molecular weight is 176 g/mol. The van der Waals surface area contributed by atoms with Crippen LogP contribution in [0.25, 0.3) is 0 Å². The minimum Gasteiger partial charge on any atom is -0.396 e. The van der Waals surface area contributed by atoms with Gasteiger partial charge in [0.25, 0.3) is 0 Å². The molecule has 0 heterocycles. The second-order valence-electron chi connectivity index (χ2n) is 3.97. The third kappa shape index (κ3) is 1.49. The van der Waals surface area contributed by atoms with Gasteiger partial charge in [0.2, 0.25) is 0 Å². The Balaban J connectivity index is 2.33. The maximum atomic E-state index is 9.19. The molecule has 0 fully saturated rings. The monoisotopic (exact) mass is 176 g/mol. The van der Waals surface area contributed by atoms with Crippen LogP contribution in [0.2, 0.25) is 0 Å². The van der Waals surface area contributed by atoms with Crippen LogP contribution in [0.3, 0.4) is 0 Å². The summed E-state index contributed by atoms with van der Waals surface area (Å²) in [6, 6.07) is 8.60. The van der Waals surface area contributed by atoms with Gasteiger partial charge < -0.3 is 5.11 Å². The van der Waals surface area contributed by atoms with E-state index < -0.39 is 0 Å². The summed E-state index contributed by atoms with van der Waals surface area (Å²) in [5.74, 6) is 0.991. The molecule has 2 rings (SSSR count). The Labute approximate surface area is 79.4 Å². The molecule has 0 aliphatic heterocycles. The SMILES string of the molecule is C[C@H]1c2ccccc2CC[C@H]1CO. The standard InChI is InChI=1S/C12H16O/c1-9-11(8-13)7-6-10-4-2-3-5-12(9)10/h2-5,9,11,13H,6-8H2,1H3/t9-,11+/m1/s1. The predicted octanol–water partition coefficient (Wildman–Crippen LogP) is 2.34. The summed E-state index contributed by atoms with van der Waals surface area (Å²) < 4.78 is 0. The Morgan fingerprint density at radius 2 is 2.15 bits per heavy atom. The molecule has 0 amide bonds. The first-order chi connectivity index (χ1) is 6.33. The van der Waals surface area contributed by atoms with Gasteiger partial charge in [-0.2, -0.15) is 0 Å². The quantitative estimate of drug-likeness (QED) is 0.696. The fourth-order valence-electron chi connectivity index (χ4n) is 2.30. The minimum atomic E-state index is 0.329. The first-order valence-corrected chi connectivity index (χ1v) is 5.01. The van der Waals surface area contributed by atoms with Crippen molar-refractivity contribution in [1.29, 1.82) is 0 Å². The number of aryl methyl sites for hydroxylation is 1. The molecule has 0 bridgehead atoms. The molecule has 0 aromatic heterocycles. The molecule has 13 heavy (non-hydrogen) atoms. The van der Waals surface area contributed by atoms with E-state index >= 15 is 0 Å². The number of benzene rings is 1. The molecule has 1 aliphatic rings. The van der Waals surface area contributed by atoms with Crippen LogP contribution in [0.4, 0.5) is 0 Å². The van der Waals surface area contributed by atoms with Crippen molar-refractivity contribution in [2.75, 3.05) is 6.61 Å². The van der Waals surface area contributed by atoms with Crippen molar-refractivity contribution >= 4 is 0 Å². The van der Waals surface area contributed by atoms with E-state index in [1.807, 2.05) is 0 Å². The van der Waals surface area contributed by atoms with Crippen LogP contribution in [0, 0.1) is 5.92 Å². The normalized spacial score (nSPS) is 26.9. The molecular formula is C12H16O. The second-order valence-corrected chi connectivity index (χ2v) is 3.97.